The van der Waals surface area contributed by atoms with Gasteiger partial charge in [-0.2, -0.15) is 13.2 Å². The largest absolute Gasteiger partial charge is 0.416 e. The Balaban J connectivity index is 1.63. The van der Waals surface area contributed by atoms with E-state index >= 15 is 0 Å². The summed E-state index contributed by atoms with van der Waals surface area (Å²) >= 11 is 5.37. The van der Waals surface area contributed by atoms with Crippen LogP contribution in [0.4, 0.5) is 24.7 Å². The molecule has 1 aliphatic rings. The molecule has 1 aromatic carbocycles. The van der Waals surface area contributed by atoms with Crippen LogP contribution in [0.2, 0.25) is 0 Å². The average Bonchev–Trinajstić information content (AvgIpc) is 2.73. The number of hydrogen-bond donors (Lipinski definition) is 0. The third-order valence-electron chi connectivity index (χ3n) is 5.05. The number of pyridine rings is 1. The summed E-state index contributed by atoms with van der Waals surface area (Å²) in [7, 11) is 3.81. The maximum absolute atomic E-state index is 13.0. The summed E-state index contributed by atoms with van der Waals surface area (Å²) in [6.45, 7) is 4.47. The number of hydrogen-bond acceptors (Lipinski definition) is 4. The molecule has 0 saturated carbocycles. The molecule has 3 rings (SSSR count). The third-order valence-corrected chi connectivity index (χ3v) is 5.37. The molecule has 0 N–H and O–H groups in total. The van der Waals surface area contributed by atoms with Gasteiger partial charge in [0.25, 0.3) is 0 Å². The monoisotopic (exact) mass is 435 g/mol. The summed E-state index contributed by atoms with van der Waals surface area (Å²) in [4.78, 5) is 15.3. The highest BCUT2D eigenvalue weighted by atomic mass is 32.1. The molecule has 0 aliphatic carbocycles. The summed E-state index contributed by atoms with van der Waals surface area (Å²) in [6.07, 6.45) is -2.62. The lowest BCUT2D eigenvalue weighted by molar-refractivity contribution is -0.137. The van der Waals surface area contributed by atoms with Gasteiger partial charge in [0.1, 0.15) is 16.6 Å². The van der Waals surface area contributed by atoms with E-state index in [1.54, 1.807) is 12.3 Å². The number of piperazine rings is 1. The number of thiocarbonyl (C=S) groups is 1. The Kier molecular flexibility index (Phi) is 6.60. The van der Waals surface area contributed by atoms with Crippen LogP contribution in [0.25, 0.3) is 0 Å². The van der Waals surface area contributed by atoms with Crippen LogP contribution in [-0.2, 0) is 6.18 Å². The smallest absolute Gasteiger partial charge is 0.368 e. The molecule has 0 amide bonds. The van der Waals surface area contributed by atoms with Gasteiger partial charge in [-0.3, -0.25) is 0 Å². The fourth-order valence-corrected chi connectivity index (χ4v) is 3.34. The first-order valence-electron chi connectivity index (χ1n) is 9.55. The van der Waals surface area contributed by atoms with E-state index in [1.807, 2.05) is 43.0 Å². The van der Waals surface area contributed by atoms with E-state index in [0.717, 1.165) is 23.3 Å². The third kappa shape index (κ3) is 5.27. The molecule has 1 aromatic heterocycles. The maximum Gasteiger partial charge on any atom is 0.416 e. The normalized spacial score (nSPS) is 15.3. The van der Waals surface area contributed by atoms with Gasteiger partial charge in [-0.15, -0.1) is 0 Å². The van der Waals surface area contributed by atoms with Crippen LogP contribution >= 0.6 is 12.2 Å². The molecule has 0 spiro atoms. The van der Waals surface area contributed by atoms with E-state index in [0.29, 0.717) is 36.9 Å². The molecule has 160 valence electrons. The molecular formula is C21H24F3N5S. The van der Waals surface area contributed by atoms with E-state index < -0.39 is 11.7 Å². The molecule has 2 heterocycles. The van der Waals surface area contributed by atoms with Gasteiger partial charge in [0.2, 0.25) is 0 Å². The lowest BCUT2D eigenvalue weighted by Crippen LogP contribution is -2.46. The molecule has 9 heteroatoms. The summed E-state index contributed by atoms with van der Waals surface area (Å²) < 4.78 is 38.9. The van der Waals surface area contributed by atoms with Crippen molar-refractivity contribution >= 4 is 34.5 Å². The molecule has 0 unspecified atom stereocenters. The zero-order valence-electron chi connectivity index (χ0n) is 17.1. The van der Waals surface area contributed by atoms with E-state index in [9.17, 15) is 13.2 Å². The second-order valence-electron chi connectivity index (χ2n) is 7.29. The first kappa shape index (κ1) is 22.0. The predicted molar refractivity (Wildman–Crippen MR) is 119 cm³/mol. The molecular weight excluding hydrogens is 411 g/mol. The quantitative estimate of drug-likeness (QED) is 0.412. The minimum atomic E-state index is -4.33. The first-order valence-corrected chi connectivity index (χ1v) is 9.96. The van der Waals surface area contributed by atoms with Crippen molar-refractivity contribution in [1.82, 2.24) is 9.88 Å². The van der Waals surface area contributed by atoms with Crippen molar-refractivity contribution in [2.45, 2.75) is 13.1 Å². The van der Waals surface area contributed by atoms with E-state index in [1.165, 1.54) is 12.1 Å². The highest BCUT2D eigenvalue weighted by Gasteiger charge is 2.31. The number of amidine groups is 1. The molecule has 1 fully saturated rings. The first-order chi connectivity index (χ1) is 14.1. The van der Waals surface area contributed by atoms with Crippen LogP contribution < -0.4 is 9.80 Å². The number of anilines is 2. The lowest BCUT2D eigenvalue weighted by Gasteiger charge is -2.37. The molecule has 2 aromatic rings. The standard InChI is InChI=1S/C21H24F3N5S/c1-15(27(2)3)26-20(30)16-7-8-19(25-14-16)29-11-9-28(10-12-29)18-6-4-5-17(13-18)21(22,23)24/h4-8,13-14H,9-12H2,1-3H3/b26-15-. The molecule has 0 bridgehead atoms. The van der Waals surface area contributed by atoms with Crippen molar-refractivity contribution in [3.05, 3.63) is 53.7 Å². The maximum atomic E-state index is 13.0. The predicted octanol–water partition coefficient (Wildman–Crippen LogP) is 4.08. The fraction of sp³-hybridized carbons (Fsp3) is 0.381. The minimum Gasteiger partial charge on any atom is -0.368 e. The number of rotatable bonds is 3. The van der Waals surface area contributed by atoms with E-state index in [-0.39, 0.29) is 0 Å². The molecule has 0 atom stereocenters. The highest BCUT2D eigenvalue weighted by molar-refractivity contribution is 7.80. The Morgan fingerprint density at radius 2 is 1.73 bits per heavy atom. The second-order valence-corrected chi connectivity index (χ2v) is 7.67. The van der Waals surface area contributed by atoms with Crippen molar-refractivity contribution < 1.29 is 13.2 Å². The van der Waals surface area contributed by atoms with Crippen molar-refractivity contribution in [3.8, 4) is 0 Å². The van der Waals surface area contributed by atoms with Gasteiger partial charge >= 0.3 is 6.18 Å². The van der Waals surface area contributed by atoms with Crippen LogP contribution in [0, 0.1) is 0 Å². The Bertz CT molecular complexity index is 917. The van der Waals surface area contributed by atoms with Crippen molar-refractivity contribution in [3.63, 3.8) is 0 Å². The number of benzene rings is 1. The number of alkyl halides is 3. The van der Waals surface area contributed by atoms with Crippen molar-refractivity contribution in [1.29, 1.82) is 0 Å². The van der Waals surface area contributed by atoms with E-state index in [4.69, 9.17) is 12.2 Å². The Morgan fingerprint density at radius 1 is 1.07 bits per heavy atom. The Hall–Kier alpha value is -2.68. The molecule has 1 saturated heterocycles. The van der Waals surface area contributed by atoms with Crippen molar-refractivity contribution in [2.24, 2.45) is 4.99 Å². The van der Waals surface area contributed by atoms with Gasteiger partial charge in [-0.25, -0.2) is 9.98 Å². The topological polar surface area (TPSA) is 35.0 Å². The van der Waals surface area contributed by atoms with Gasteiger partial charge < -0.3 is 14.7 Å². The lowest BCUT2D eigenvalue weighted by atomic mass is 10.1. The Morgan fingerprint density at radius 3 is 2.30 bits per heavy atom. The van der Waals surface area contributed by atoms with Crippen LogP contribution in [0.15, 0.2) is 47.6 Å². The summed E-state index contributed by atoms with van der Waals surface area (Å²) in [6, 6.07) is 9.28. The minimum absolute atomic E-state index is 0.481. The fourth-order valence-electron chi connectivity index (χ4n) is 3.08. The van der Waals surface area contributed by atoms with Gasteiger partial charge in [-0.1, -0.05) is 18.3 Å². The number of aromatic nitrogens is 1. The van der Waals surface area contributed by atoms with E-state index in [2.05, 4.69) is 14.9 Å². The van der Waals surface area contributed by atoms with Crippen molar-refractivity contribution in [2.75, 3.05) is 50.1 Å². The van der Waals surface area contributed by atoms with Gasteiger partial charge in [0, 0.05) is 57.7 Å². The SMILES string of the molecule is C/C(=N/C(=S)c1ccc(N2CCN(c3cccc(C(F)(F)F)c3)CC2)nc1)N(C)C. The van der Waals surface area contributed by atoms with Gasteiger partial charge in [0.05, 0.1) is 5.56 Å². The van der Waals surface area contributed by atoms with Gasteiger partial charge in [0.15, 0.2) is 0 Å². The second kappa shape index (κ2) is 8.99. The summed E-state index contributed by atoms with van der Waals surface area (Å²) in [5.41, 5.74) is 0.743. The highest BCUT2D eigenvalue weighted by Crippen LogP contribution is 2.32. The number of aliphatic imine (C=N–C) groups is 1. The molecule has 5 nitrogen and oxygen atoms in total. The van der Waals surface area contributed by atoms with Crippen LogP contribution in [-0.4, -0.2) is 61.0 Å². The molecule has 30 heavy (non-hydrogen) atoms. The number of halogens is 3. The molecule has 0 radical (unpaired) electrons. The number of nitrogens with zero attached hydrogens (tertiary/aromatic N) is 5. The Labute approximate surface area is 179 Å². The summed E-state index contributed by atoms with van der Waals surface area (Å²) in [5.74, 6) is 1.63. The molecule has 1 aliphatic heterocycles. The van der Waals surface area contributed by atoms with Crippen LogP contribution in [0.5, 0.6) is 0 Å². The van der Waals surface area contributed by atoms with Crippen LogP contribution in [0.1, 0.15) is 18.1 Å². The summed E-state index contributed by atoms with van der Waals surface area (Å²) in [5, 5.41) is 0. The van der Waals surface area contributed by atoms with Gasteiger partial charge in [-0.05, 0) is 37.3 Å². The zero-order chi connectivity index (χ0) is 21.9. The van der Waals surface area contributed by atoms with Crippen LogP contribution in [0.3, 0.4) is 0 Å². The average molecular weight is 436 g/mol. The zero-order valence-corrected chi connectivity index (χ0v) is 18.0.